The van der Waals surface area contributed by atoms with Gasteiger partial charge in [0.1, 0.15) is 0 Å². The van der Waals surface area contributed by atoms with Crippen molar-refractivity contribution in [2.24, 2.45) is 0 Å². The first-order valence-electron chi connectivity index (χ1n) is 9.38. The normalized spacial score (nSPS) is 16.8. The van der Waals surface area contributed by atoms with Crippen LogP contribution in [0.5, 0.6) is 0 Å². The minimum atomic E-state index is 0.485. The van der Waals surface area contributed by atoms with E-state index in [0.717, 1.165) is 43.3 Å². The third-order valence-corrected chi connectivity index (χ3v) is 5.27. The number of halogens is 1. The average Bonchev–Trinajstić information content (AvgIpc) is 2.63. The molecule has 1 N–H and O–H groups in total. The molecule has 2 aromatic rings. The molecule has 4 heteroatoms. The number of benzene rings is 1. The van der Waals surface area contributed by atoms with E-state index in [4.69, 9.17) is 11.6 Å². The average molecular weight is 358 g/mol. The molecule has 3 rings (SSSR count). The predicted octanol–water partition coefficient (Wildman–Crippen LogP) is 4.44. The van der Waals surface area contributed by atoms with Crippen LogP contribution in [0.4, 0.5) is 0 Å². The maximum atomic E-state index is 6.33. The van der Waals surface area contributed by atoms with E-state index < -0.39 is 0 Å². The van der Waals surface area contributed by atoms with Gasteiger partial charge in [-0.05, 0) is 42.6 Å². The molecular formula is C21H28ClN3. The van der Waals surface area contributed by atoms with Crippen LogP contribution in [-0.2, 0) is 19.5 Å². The Labute approximate surface area is 156 Å². The highest BCUT2D eigenvalue weighted by Crippen LogP contribution is 2.19. The van der Waals surface area contributed by atoms with Gasteiger partial charge in [-0.3, -0.25) is 9.88 Å². The first kappa shape index (κ1) is 18.4. The lowest BCUT2D eigenvalue weighted by Crippen LogP contribution is -2.44. The van der Waals surface area contributed by atoms with E-state index in [-0.39, 0.29) is 0 Å². The number of fused-ring (bicyclic) bond motifs is 1. The molecule has 1 aromatic heterocycles. The van der Waals surface area contributed by atoms with Crippen molar-refractivity contribution in [3.8, 4) is 0 Å². The summed E-state index contributed by atoms with van der Waals surface area (Å²) in [5, 5.41) is 4.47. The Bertz CT molecular complexity index is 674. The minimum absolute atomic E-state index is 0.485. The van der Waals surface area contributed by atoms with Crippen molar-refractivity contribution in [3.05, 3.63) is 64.4 Å². The van der Waals surface area contributed by atoms with Crippen molar-refractivity contribution < 1.29 is 0 Å². The van der Waals surface area contributed by atoms with E-state index in [1.54, 1.807) is 0 Å². The smallest absolute Gasteiger partial charge is 0.0729 e. The number of hydrogen-bond acceptors (Lipinski definition) is 3. The number of pyridine rings is 1. The third kappa shape index (κ3) is 5.27. The highest BCUT2D eigenvalue weighted by molar-refractivity contribution is 6.31. The fourth-order valence-corrected chi connectivity index (χ4v) is 3.71. The zero-order chi connectivity index (χ0) is 17.5. The van der Waals surface area contributed by atoms with Gasteiger partial charge in [0.05, 0.1) is 10.7 Å². The minimum Gasteiger partial charge on any atom is -0.308 e. The van der Waals surface area contributed by atoms with Gasteiger partial charge in [0, 0.05) is 31.9 Å². The lowest BCUT2D eigenvalue weighted by molar-refractivity contribution is 0.222. The highest BCUT2D eigenvalue weighted by Gasteiger charge is 2.20. The number of hydrogen-bond donors (Lipinski definition) is 1. The van der Waals surface area contributed by atoms with E-state index in [1.165, 1.54) is 30.4 Å². The van der Waals surface area contributed by atoms with E-state index in [0.29, 0.717) is 6.04 Å². The summed E-state index contributed by atoms with van der Waals surface area (Å²) in [6, 6.07) is 13.1. The summed E-state index contributed by atoms with van der Waals surface area (Å²) >= 11 is 6.33. The SMILES string of the molecule is CCCCCN(Cc1ncccc1Cl)C[C@H]1Cc2ccccc2CN1. The molecule has 2 heterocycles. The molecule has 0 bridgehead atoms. The second-order valence-corrected chi connectivity index (χ2v) is 7.33. The summed E-state index contributed by atoms with van der Waals surface area (Å²) in [5.41, 5.74) is 3.90. The largest absolute Gasteiger partial charge is 0.308 e. The maximum absolute atomic E-state index is 6.33. The molecule has 0 saturated heterocycles. The fourth-order valence-electron chi connectivity index (χ4n) is 3.53. The summed E-state index contributed by atoms with van der Waals surface area (Å²) in [7, 11) is 0. The molecular weight excluding hydrogens is 330 g/mol. The Morgan fingerprint density at radius 1 is 1.16 bits per heavy atom. The van der Waals surface area contributed by atoms with Crippen molar-refractivity contribution in [2.75, 3.05) is 13.1 Å². The first-order valence-corrected chi connectivity index (χ1v) is 9.76. The molecule has 0 unspecified atom stereocenters. The molecule has 1 aromatic carbocycles. The van der Waals surface area contributed by atoms with Crippen LogP contribution in [0.3, 0.4) is 0 Å². The zero-order valence-electron chi connectivity index (χ0n) is 15.0. The Balaban J connectivity index is 1.64. The fraction of sp³-hybridized carbons (Fsp3) is 0.476. The zero-order valence-corrected chi connectivity index (χ0v) is 15.8. The first-order chi connectivity index (χ1) is 12.3. The number of rotatable bonds is 8. The number of unbranched alkanes of at least 4 members (excludes halogenated alkanes) is 2. The molecule has 25 heavy (non-hydrogen) atoms. The van der Waals surface area contributed by atoms with Crippen LogP contribution in [0.2, 0.25) is 5.02 Å². The monoisotopic (exact) mass is 357 g/mol. The molecule has 0 aliphatic carbocycles. The van der Waals surface area contributed by atoms with Crippen LogP contribution in [0.1, 0.15) is 43.0 Å². The molecule has 0 fully saturated rings. The molecule has 1 atom stereocenters. The second kappa shape index (κ2) is 9.33. The van der Waals surface area contributed by atoms with Gasteiger partial charge in [-0.15, -0.1) is 0 Å². The van der Waals surface area contributed by atoms with Crippen molar-refractivity contribution in [3.63, 3.8) is 0 Å². The molecule has 134 valence electrons. The van der Waals surface area contributed by atoms with Crippen LogP contribution in [0.15, 0.2) is 42.6 Å². The Morgan fingerprint density at radius 3 is 2.80 bits per heavy atom. The molecule has 1 aliphatic rings. The quantitative estimate of drug-likeness (QED) is 0.708. The summed E-state index contributed by atoms with van der Waals surface area (Å²) in [4.78, 5) is 6.99. The van der Waals surface area contributed by atoms with Crippen molar-refractivity contribution in [2.45, 2.75) is 51.7 Å². The summed E-state index contributed by atoms with van der Waals surface area (Å²) in [6.07, 6.45) is 6.67. The molecule has 1 aliphatic heterocycles. The lowest BCUT2D eigenvalue weighted by atomic mass is 9.95. The Morgan fingerprint density at radius 2 is 2.00 bits per heavy atom. The van der Waals surface area contributed by atoms with E-state index in [1.807, 2.05) is 18.3 Å². The lowest BCUT2D eigenvalue weighted by Gasteiger charge is -2.31. The van der Waals surface area contributed by atoms with Gasteiger partial charge < -0.3 is 5.32 Å². The van der Waals surface area contributed by atoms with Crippen molar-refractivity contribution >= 4 is 11.6 Å². The van der Waals surface area contributed by atoms with Gasteiger partial charge >= 0.3 is 0 Å². The number of nitrogens with zero attached hydrogens (tertiary/aromatic N) is 2. The predicted molar refractivity (Wildman–Crippen MR) is 105 cm³/mol. The number of nitrogens with one attached hydrogen (secondary N) is 1. The van der Waals surface area contributed by atoms with Crippen LogP contribution in [0, 0.1) is 0 Å². The highest BCUT2D eigenvalue weighted by atomic mass is 35.5. The van der Waals surface area contributed by atoms with Crippen LogP contribution in [0.25, 0.3) is 0 Å². The molecule has 0 radical (unpaired) electrons. The summed E-state index contributed by atoms with van der Waals surface area (Å²) < 4.78 is 0. The Kier molecular flexibility index (Phi) is 6.85. The van der Waals surface area contributed by atoms with Crippen LogP contribution in [-0.4, -0.2) is 29.0 Å². The van der Waals surface area contributed by atoms with Crippen molar-refractivity contribution in [1.29, 1.82) is 0 Å². The maximum Gasteiger partial charge on any atom is 0.0729 e. The molecule has 0 saturated carbocycles. The molecule has 0 amide bonds. The second-order valence-electron chi connectivity index (χ2n) is 6.92. The van der Waals surface area contributed by atoms with Gasteiger partial charge in [-0.25, -0.2) is 0 Å². The molecule has 3 nitrogen and oxygen atoms in total. The Hall–Kier alpha value is -1.42. The van der Waals surface area contributed by atoms with Gasteiger partial charge in [-0.1, -0.05) is 55.6 Å². The van der Waals surface area contributed by atoms with Gasteiger partial charge in [0.25, 0.3) is 0 Å². The van der Waals surface area contributed by atoms with Gasteiger partial charge in [0.15, 0.2) is 0 Å². The van der Waals surface area contributed by atoms with Crippen LogP contribution < -0.4 is 5.32 Å². The standard InChI is InChI=1S/C21H28ClN3/c1-2-3-6-12-25(16-21-20(22)10-7-11-23-21)15-19-13-17-8-4-5-9-18(17)14-24-19/h4-5,7-11,19,24H,2-3,6,12-16H2,1H3/t19-/m1/s1. The van der Waals surface area contributed by atoms with Crippen molar-refractivity contribution in [1.82, 2.24) is 15.2 Å². The summed E-state index contributed by atoms with van der Waals surface area (Å²) in [5.74, 6) is 0. The van der Waals surface area contributed by atoms with Crippen LogP contribution >= 0.6 is 11.6 Å². The molecule has 0 spiro atoms. The third-order valence-electron chi connectivity index (χ3n) is 4.93. The van der Waals surface area contributed by atoms with E-state index >= 15 is 0 Å². The van der Waals surface area contributed by atoms with Gasteiger partial charge in [0.2, 0.25) is 0 Å². The summed E-state index contributed by atoms with van der Waals surface area (Å²) in [6.45, 7) is 6.17. The van der Waals surface area contributed by atoms with E-state index in [9.17, 15) is 0 Å². The van der Waals surface area contributed by atoms with Gasteiger partial charge in [-0.2, -0.15) is 0 Å². The topological polar surface area (TPSA) is 28.2 Å². The van der Waals surface area contributed by atoms with E-state index in [2.05, 4.69) is 46.4 Å². The number of aromatic nitrogens is 1.